The molecule has 6 rings (SSSR count). The number of hydrogen-bond donors (Lipinski definition) is 4. The topological polar surface area (TPSA) is 169 Å². The quantitative estimate of drug-likeness (QED) is 0.228. The maximum Gasteiger partial charge on any atom is 0.315 e. The lowest BCUT2D eigenvalue weighted by Gasteiger charge is -2.33. The van der Waals surface area contributed by atoms with Gasteiger partial charge in [-0.05, 0) is 62.2 Å². The van der Waals surface area contributed by atoms with Gasteiger partial charge in [-0.3, -0.25) is 19.8 Å². The van der Waals surface area contributed by atoms with E-state index in [1.807, 2.05) is 59.3 Å². The highest BCUT2D eigenvalue weighted by atomic mass is 16.5. The van der Waals surface area contributed by atoms with Crippen LogP contribution in [0.25, 0.3) is 22.3 Å². The summed E-state index contributed by atoms with van der Waals surface area (Å²) in [4.78, 5) is 46.6. The summed E-state index contributed by atoms with van der Waals surface area (Å²) in [5.74, 6) is 1.05. The van der Waals surface area contributed by atoms with E-state index in [-0.39, 0.29) is 18.4 Å². The standard InChI is InChI=1S/C30H33N9O4/c31-27-25-26(19-8-10-22(11-9-19)43-21-6-2-1-3-7-21)37-39(28(25)34-18-33-27)20-5-4-15-38(17-20)16-14-32-30(42)35-23-12-13-24(40)36-29(23)41/h1-3,6-11,18,20,23H,4-5,12-17H2,(H2,31,33,34)(H2,32,35,42)(H,36,40,41)/t20-,23?/m1/s1. The number of amides is 4. The number of aromatic nitrogens is 4. The lowest BCUT2D eigenvalue weighted by atomic mass is 10.1. The minimum atomic E-state index is -0.707. The van der Waals surface area contributed by atoms with Crippen LogP contribution in [0.4, 0.5) is 10.6 Å². The zero-order valence-corrected chi connectivity index (χ0v) is 23.5. The number of ether oxygens (including phenoxy) is 1. The molecule has 2 fully saturated rings. The van der Waals surface area contributed by atoms with Gasteiger partial charge in [0, 0.05) is 31.6 Å². The SMILES string of the molecule is Nc1ncnc2c1c(-c1ccc(Oc3ccccc3)cc1)nn2[C@@H]1CCCN(CCNC(=O)NC2CCC(=O)NC2=O)C1. The molecule has 0 spiro atoms. The molecule has 4 amide bonds. The summed E-state index contributed by atoms with van der Waals surface area (Å²) in [6.45, 7) is 2.65. The Bertz CT molecular complexity index is 1620. The van der Waals surface area contributed by atoms with Crippen molar-refractivity contribution in [1.82, 2.24) is 40.6 Å². The van der Waals surface area contributed by atoms with Crippen LogP contribution in [0, 0.1) is 0 Å². The number of anilines is 1. The van der Waals surface area contributed by atoms with Gasteiger partial charge in [-0.1, -0.05) is 18.2 Å². The van der Waals surface area contributed by atoms with Crippen molar-refractivity contribution in [3.8, 4) is 22.8 Å². The van der Waals surface area contributed by atoms with Gasteiger partial charge in [-0.2, -0.15) is 5.10 Å². The maximum atomic E-state index is 12.3. The fourth-order valence-electron chi connectivity index (χ4n) is 5.56. The number of fused-ring (bicyclic) bond motifs is 1. The highest BCUT2D eigenvalue weighted by Gasteiger charge is 2.29. The number of imide groups is 1. The highest BCUT2D eigenvalue weighted by molar-refractivity contribution is 6.01. The molecule has 2 aliphatic rings. The third-order valence-corrected chi connectivity index (χ3v) is 7.71. The molecule has 0 bridgehead atoms. The first kappa shape index (κ1) is 28.1. The number of hydrogen-bond acceptors (Lipinski definition) is 9. The molecule has 2 aromatic carbocycles. The van der Waals surface area contributed by atoms with Crippen LogP contribution >= 0.6 is 0 Å². The van der Waals surface area contributed by atoms with E-state index in [0.29, 0.717) is 47.8 Å². The molecule has 222 valence electrons. The van der Waals surface area contributed by atoms with E-state index in [1.165, 1.54) is 6.33 Å². The highest BCUT2D eigenvalue weighted by Crippen LogP contribution is 2.34. The molecule has 2 saturated heterocycles. The van der Waals surface area contributed by atoms with Crippen molar-refractivity contribution in [3.63, 3.8) is 0 Å². The molecule has 2 aromatic heterocycles. The van der Waals surface area contributed by atoms with Crippen LogP contribution in [-0.4, -0.2) is 74.7 Å². The Balaban J connectivity index is 1.12. The lowest BCUT2D eigenvalue weighted by molar-refractivity contribution is -0.134. The molecule has 2 atom stereocenters. The van der Waals surface area contributed by atoms with E-state index < -0.39 is 18.0 Å². The summed E-state index contributed by atoms with van der Waals surface area (Å²) in [5, 5.41) is 13.4. The van der Waals surface area contributed by atoms with Crippen molar-refractivity contribution in [2.75, 3.05) is 31.9 Å². The number of nitrogens with one attached hydrogen (secondary N) is 3. The monoisotopic (exact) mass is 583 g/mol. The molecular weight excluding hydrogens is 550 g/mol. The first-order chi connectivity index (χ1) is 20.9. The molecule has 5 N–H and O–H groups in total. The largest absolute Gasteiger partial charge is 0.457 e. The fourth-order valence-corrected chi connectivity index (χ4v) is 5.56. The summed E-state index contributed by atoms with van der Waals surface area (Å²) in [6, 6.07) is 16.2. The number of nitrogens with two attached hydrogens (primary N) is 1. The molecule has 2 aliphatic heterocycles. The summed E-state index contributed by atoms with van der Waals surface area (Å²) in [6.07, 6.45) is 3.84. The minimum Gasteiger partial charge on any atom is -0.457 e. The molecule has 0 saturated carbocycles. The lowest BCUT2D eigenvalue weighted by Crippen LogP contribution is -2.55. The van der Waals surface area contributed by atoms with Gasteiger partial charge in [-0.15, -0.1) is 0 Å². The molecule has 4 aromatic rings. The summed E-state index contributed by atoms with van der Waals surface area (Å²) in [7, 11) is 0. The van der Waals surface area contributed by atoms with E-state index >= 15 is 0 Å². The van der Waals surface area contributed by atoms with Crippen molar-refractivity contribution in [1.29, 1.82) is 0 Å². The minimum absolute atomic E-state index is 0.0530. The molecule has 43 heavy (non-hydrogen) atoms. The Morgan fingerprint density at radius 2 is 1.84 bits per heavy atom. The van der Waals surface area contributed by atoms with Crippen molar-refractivity contribution in [3.05, 3.63) is 60.9 Å². The van der Waals surface area contributed by atoms with Gasteiger partial charge in [0.25, 0.3) is 0 Å². The van der Waals surface area contributed by atoms with Gasteiger partial charge in [-0.25, -0.2) is 19.4 Å². The molecule has 0 radical (unpaired) electrons. The molecule has 4 heterocycles. The van der Waals surface area contributed by atoms with Crippen LogP contribution in [0.2, 0.25) is 0 Å². The van der Waals surface area contributed by atoms with Crippen LogP contribution in [0.5, 0.6) is 11.5 Å². The predicted molar refractivity (Wildman–Crippen MR) is 159 cm³/mol. The first-order valence-corrected chi connectivity index (χ1v) is 14.4. The number of carbonyl (C=O) groups is 3. The Labute approximate surface area is 247 Å². The second kappa shape index (κ2) is 12.4. The number of rotatable bonds is 8. The van der Waals surface area contributed by atoms with Crippen molar-refractivity contribution >= 4 is 34.7 Å². The number of carbonyl (C=O) groups excluding carboxylic acids is 3. The van der Waals surface area contributed by atoms with Gasteiger partial charge in [0.2, 0.25) is 11.8 Å². The van der Waals surface area contributed by atoms with E-state index in [0.717, 1.165) is 37.2 Å². The van der Waals surface area contributed by atoms with Crippen LogP contribution < -0.4 is 26.4 Å². The zero-order valence-electron chi connectivity index (χ0n) is 23.5. The summed E-state index contributed by atoms with van der Waals surface area (Å²) >= 11 is 0. The first-order valence-electron chi connectivity index (χ1n) is 14.4. The number of urea groups is 1. The maximum absolute atomic E-state index is 12.3. The van der Waals surface area contributed by atoms with E-state index in [4.69, 9.17) is 15.6 Å². The van der Waals surface area contributed by atoms with Crippen LogP contribution in [0.3, 0.4) is 0 Å². The third kappa shape index (κ3) is 6.41. The molecule has 1 unspecified atom stereocenters. The van der Waals surface area contributed by atoms with Gasteiger partial charge in [0.15, 0.2) is 5.65 Å². The van der Waals surface area contributed by atoms with Crippen LogP contribution in [0.15, 0.2) is 60.9 Å². The Hall–Kier alpha value is -5.04. The summed E-state index contributed by atoms with van der Waals surface area (Å²) < 4.78 is 7.90. The average Bonchev–Trinajstić information content (AvgIpc) is 3.41. The van der Waals surface area contributed by atoms with Crippen molar-refractivity contribution < 1.29 is 19.1 Å². The number of piperidine rings is 2. The van der Waals surface area contributed by atoms with Crippen molar-refractivity contribution in [2.24, 2.45) is 0 Å². The van der Waals surface area contributed by atoms with Gasteiger partial charge in [0.1, 0.15) is 35.4 Å². The Morgan fingerprint density at radius 3 is 2.63 bits per heavy atom. The number of likely N-dealkylation sites (tertiary alicyclic amines) is 1. The smallest absolute Gasteiger partial charge is 0.315 e. The number of nitrogens with zero attached hydrogens (tertiary/aromatic N) is 5. The number of nitrogen functional groups attached to an aromatic ring is 1. The number of benzene rings is 2. The number of para-hydroxylation sites is 1. The fraction of sp³-hybridized carbons (Fsp3) is 0.333. The van der Waals surface area contributed by atoms with E-state index in [2.05, 4.69) is 30.8 Å². The van der Waals surface area contributed by atoms with Gasteiger partial charge >= 0.3 is 6.03 Å². The second-order valence-corrected chi connectivity index (χ2v) is 10.7. The Kier molecular flexibility index (Phi) is 8.13. The predicted octanol–water partition coefficient (Wildman–Crippen LogP) is 2.61. The Morgan fingerprint density at radius 1 is 1.05 bits per heavy atom. The van der Waals surface area contributed by atoms with Crippen molar-refractivity contribution in [2.45, 2.75) is 37.8 Å². The normalized spacial score (nSPS) is 19.2. The van der Waals surface area contributed by atoms with Crippen LogP contribution in [-0.2, 0) is 9.59 Å². The molecule has 13 nitrogen and oxygen atoms in total. The zero-order chi connectivity index (χ0) is 29.8. The molecule has 0 aliphatic carbocycles. The average molecular weight is 584 g/mol. The molecular formula is C30H33N9O4. The molecule has 13 heteroatoms. The van der Waals surface area contributed by atoms with E-state index in [9.17, 15) is 14.4 Å². The third-order valence-electron chi connectivity index (χ3n) is 7.71. The second-order valence-electron chi connectivity index (χ2n) is 10.7. The van der Waals surface area contributed by atoms with Crippen LogP contribution in [0.1, 0.15) is 31.7 Å². The van der Waals surface area contributed by atoms with E-state index in [1.54, 1.807) is 0 Å². The van der Waals surface area contributed by atoms with Gasteiger partial charge < -0.3 is 21.1 Å². The summed E-state index contributed by atoms with van der Waals surface area (Å²) in [5.41, 5.74) is 8.62. The van der Waals surface area contributed by atoms with Gasteiger partial charge in [0.05, 0.1) is 11.4 Å².